The Morgan fingerprint density at radius 3 is 2.80 bits per heavy atom. The lowest BCUT2D eigenvalue weighted by atomic mass is 9.99. The van der Waals surface area contributed by atoms with Crippen LogP contribution in [0.15, 0.2) is 23.4 Å². The average molecular weight is 279 g/mol. The Kier molecular flexibility index (Phi) is 4.95. The van der Waals surface area contributed by atoms with Gasteiger partial charge in [0.25, 0.3) is 0 Å². The Balaban J connectivity index is 2.00. The van der Waals surface area contributed by atoms with E-state index in [9.17, 15) is 4.39 Å². The molecule has 0 aromatic heterocycles. The van der Waals surface area contributed by atoms with Crippen molar-refractivity contribution in [3.8, 4) is 0 Å². The SMILES string of the molecule is CC(NCc1cc(F)cc(/C(N)=N/O)c1)C1CCCC1. The van der Waals surface area contributed by atoms with Crippen molar-refractivity contribution in [1.82, 2.24) is 5.32 Å². The third-order valence-corrected chi connectivity index (χ3v) is 4.10. The Hall–Kier alpha value is -1.62. The van der Waals surface area contributed by atoms with Gasteiger partial charge in [-0.25, -0.2) is 4.39 Å². The fourth-order valence-corrected chi connectivity index (χ4v) is 2.86. The lowest BCUT2D eigenvalue weighted by Crippen LogP contribution is -2.31. The van der Waals surface area contributed by atoms with Crippen LogP contribution in [0.2, 0.25) is 0 Å². The van der Waals surface area contributed by atoms with Gasteiger partial charge in [-0.05, 0) is 49.4 Å². The minimum absolute atomic E-state index is 0.0745. The molecule has 0 bridgehead atoms. The summed E-state index contributed by atoms with van der Waals surface area (Å²) in [6.07, 6.45) is 5.16. The molecule has 0 amide bonds. The number of halogens is 1. The summed E-state index contributed by atoms with van der Waals surface area (Å²) in [6.45, 7) is 2.76. The van der Waals surface area contributed by atoms with E-state index < -0.39 is 0 Å². The molecule has 4 N–H and O–H groups in total. The van der Waals surface area contributed by atoms with E-state index in [1.807, 2.05) is 0 Å². The maximum absolute atomic E-state index is 13.5. The highest BCUT2D eigenvalue weighted by Gasteiger charge is 2.20. The van der Waals surface area contributed by atoms with E-state index in [1.54, 1.807) is 6.07 Å². The van der Waals surface area contributed by atoms with Crippen LogP contribution in [0, 0.1) is 11.7 Å². The average Bonchev–Trinajstić information content (AvgIpc) is 2.97. The maximum atomic E-state index is 13.5. The zero-order valence-electron chi connectivity index (χ0n) is 11.8. The predicted octanol–water partition coefficient (Wildman–Crippen LogP) is 2.59. The number of rotatable bonds is 5. The predicted molar refractivity (Wildman–Crippen MR) is 77.2 cm³/mol. The summed E-state index contributed by atoms with van der Waals surface area (Å²) < 4.78 is 13.5. The molecule has 1 unspecified atom stereocenters. The van der Waals surface area contributed by atoms with Gasteiger partial charge in [0.15, 0.2) is 5.84 Å². The van der Waals surface area contributed by atoms with Gasteiger partial charge < -0.3 is 16.3 Å². The Morgan fingerprint density at radius 2 is 2.15 bits per heavy atom. The van der Waals surface area contributed by atoms with Gasteiger partial charge in [-0.15, -0.1) is 0 Å². The van der Waals surface area contributed by atoms with E-state index in [0.29, 0.717) is 24.1 Å². The molecule has 1 fully saturated rings. The lowest BCUT2D eigenvalue weighted by Gasteiger charge is -2.20. The van der Waals surface area contributed by atoms with Crippen molar-refractivity contribution in [3.05, 3.63) is 35.1 Å². The van der Waals surface area contributed by atoms with Crippen LogP contribution in [-0.4, -0.2) is 17.1 Å². The van der Waals surface area contributed by atoms with Gasteiger partial charge in [0.05, 0.1) is 0 Å². The van der Waals surface area contributed by atoms with Crippen LogP contribution in [0.1, 0.15) is 43.7 Å². The lowest BCUT2D eigenvalue weighted by molar-refractivity contribution is 0.318. The van der Waals surface area contributed by atoms with E-state index in [1.165, 1.54) is 37.8 Å². The molecule has 1 aliphatic rings. The second-order valence-corrected chi connectivity index (χ2v) is 5.55. The molecule has 20 heavy (non-hydrogen) atoms. The highest BCUT2D eigenvalue weighted by Crippen LogP contribution is 2.27. The number of oxime groups is 1. The summed E-state index contributed by atoms with van der Waals surface area (Å²) in [5.74, 6) is 0.265. The Labute approximate surface area is 118 Å². The van der Waals surface area contributed by atoms with Gasteiger partial charge in [-0.2, -0.15) is 0 Å². The molecular weight excluding hydrogens is 257 g/mol. The first-order valence-corrected chi connectivity index (χ1v) is 7.11. The van der Waals surface area contributed by atoms with E-state index in [-0.39, 0.29) is 11.7 Å². The van der Waals surface area contributed by atoms with Gasteiger partial charge in [-0.1, -0.05) is 18.0 Å². The van der Waals surface area contributed by atoms with Crippen molar-refractivity contribution >= 4 is 5.84 Å². The molecule has 110 valence electrons. The van der Waals surface area contributed by atoms with Crippen molar-refractivity contribution in [2.75, 3.05) is 0 Å². The van der Waals surface area contributed by atoms with Crippen LogP contribution in [0.5, 0.6) is 0 Å². The second kappa shape index (κ2) is 6.70. The molecule has 0 heterocycles. The van der Waals surface area contributed by atoms with E-state index >= 15 is 0 Å². The number of amidine groups is 1. The van der Waals surface area contributed by atoms with Crippen molar-refractivity contribution in [2.24, 2.45) is 16.8 Å². The third kappa shape index (κ3) is 3.70. The topological polar surface area (TPSA) is 70.6 Å². The van der Waals surface area contributed by atoms with Gasteiger partial charge >= 0.3 is 0 Å². The first kappa shape index (κ1) is 14.8. The number of nitrogens with one attached hydrogen (secondary N) is 1. The summed E-state index contributed by atoms with van der Waals surface area (Å²) in [5, 5.41) is 15.0. The zero-order chi connectivity index (χ0) is 14.5. The molecule has 5 heteroatoms. The third-order valence-electron chi connectivity index (χ3n) is 4.10. The zero-order valence-corrected chi connectivity index (χ0v) is 11.8. The van der Waals surface area contributed by atoms with Crippen LogP contribution in [0.25, 0.3) is 0 Å². The molecule has 1 aromatic rings. The number of hydrogen-bond donors (Lipinski definition) is 3. The first-order valence-electron chi connectivity index (χ1n) is 7.11. The van der Waals surface area contributed by atoms with Crippen LogP contribution in [0.3, 0.4) is 0 Å². The first-order chi connectivity index (χ1) is 9.60. The fourth-order valence-electron chi connectivity index (χ4n) is 2.86. The molecule has 2 rings (SSSR count). The smallest absolute Gasteiger partial charge is 0.170 e. The number of nitrogens with zero attached hydrogens (tertiary/aromatic N) is 1. The summed E-state index contributed by atoms with van der Waals surface area (Å²) >= 11 is 0. The van der Waals surface area contributed by atoms with Crippen LogP contribution >= 0.6 is 0 Å². The van der Waals surface area contributed by atoms with E-state index in [4.69, 9.17) is 10.9 Å². The van der Waals surface area contributed by atoms with E-state index in [2.05, 4.69) is 17.4 Å². The van der Waals surface area contributed by atoms with Gasteiger partial charge in [-0.3, -0.25) is 0 Å². The number of hydrogen-bond acceptors (Lipinski definition) is 3. The van der Waals surface area contributed by atoms with Crippen molar-refractivity contribution in [2.45, 2.75) is 45.2 Å². The minimum atomic E-state index is -0.376. The van der Waals surface area contributed by atoms with Gasteiger partial charge in [0.2, 0.25) is 0 Å². The summed E-state index contributed by atoms with van der Waals surface area (Å²) in [4.78, 5) is 0. The molecule has 1 saturated carbocycles. The molecule has 0 radical (unpaired) electrons. The highest BCUT2D eigenvalue weighted by molar-refractivity contribution is 5.97. The minimum Gasteiger partial charge on any atom is -0.409 e. The maximum Gasteiger partial charge on any atom is 0.170 e. The Bertz CT molecular complexity index is 484. The molecular formula is C15H22FN3O. The summed E-state index contributed by atoms with van der Waals surface area (Å²) in [6, 6.07) is 4.90. The molecule has 1 atom stereocenters. The quantitative estimate of drug-likeness (QED) is 0.336. The molecule has 1 aromatic carbocycles. The monoisotopic (exact) mass is 279 g/mol. The van der Waals surface area contributed by atoms with Crippen molar-refractivity contribution in [1.29, 1.82) is 0 Å². The standard InChI is InChI=1S/C15H22FN3O/c1-10(12-4-2-3-5-12)18-9-11-6-13(15(17)19-20)8-14(16)7-11/h6-8,10,12,18,20H,2-5,9H2,1H3,(H2,17,19). The molecule has 1 aliphatic carbocycles. The van der Waals surface area contributed by atoms with Crippen LogP contribution < -0.4 is 11.1 Å². The van der Waals surface area contributed by atoms with Crippen molar-refractivity contribution in [3.63, 3.8) is 0 Å². The number of benzene rings is 1. The van der Waals surface area contributed by atoms with Crippen LogP contribution in [0.4, 0.5) is 4.39 Å². The molecule has 0 spiro atoms. The summed E-state index contributed by atoms with van der Waals surface area (Å²) in [5.41, 5.74) is 6.70. The summed E-state index contributed by atoms with van der Waals surface area (Å²) in [7, 11) is 0. The van der Waals surface area contributed by atoms with Gasteiger partial charge in [0, 0.05) is 18.2 Å². The van der Waals surface area contributed by atoms with E-state index in [0.717, 1.165) is 5.56 Å². The molecule has 0 saturated heterocycles. The highest BCUT2D eigenvalue weighted by atomic mass is 19.1. The van der Waals surface area contributed by atoms with Crippen molar-refractivity contribution < 1.29 is 9.60 Å². The molecule has 4 nitrogen and oxygen atoms in total. The largest absolute Gasteiger partial charge is 0.409 e. The Morgan fingerprint density at radius 1 is 1.45 bits per heavy atom. The normalized spacial score (nSPS) is 18.4. The molecule has 0 aliphatic heterocycles. The van der Waals surface area contributed by atoms with Gasteiger partial charge in [0.1, 0.15) is 5.82 Å². The second-order valence-electron chi connectivity index (χ2n) is 5.55. The number of nitrogens with two attached hydrogens (primary N) is 1. The fraction of sp³-hybridized carbons (Fsp3) is 0.533. The van der Waals surface area contributed by atoms with Crippen LogP contribution in [-0.2, 0) is 6.54 Å².